The van der Waals surface area contributed by atoms with Gasteiger partial charge in [-0.3, -0.25) is 0 Å². The summed E-state index contributed by atoms with van der Waals surface area (Å²) in [6.45, 7) is 2.02. The Labute approximate surface area is 109 Å². The highest BCUT2D eigenvalue weighted by atomic mass is 79.9. The first-order valence-electron chi connectivity index (χ1n) is 5.34. The Bertz CT molecular complexity index is 539. The van der Waals surface area contributed by atoms with Gasteiger partial charge in [-0.1, -0.05) is 34.1 Å². The molecule has 0 atom stereocenters. The highest BCUT2D eigenvalue weighted by Crippen LogP contribution is 2.29. The lowest BCUT2D eigenvalue weighted by atomic mass is 10.1. The van der Waals surface area contributed by atoms with Crippen LogP contribution in [0.2, 0.25) is 0 Å². The zero-order chi connectivity index (χ0) is 12.4. The molecule has 0 bridgehead atoms. The van der Waals surface area contributed by atoms with Gasteiger partial charge in [-0.05, 0) is 36.8 Å². The predicted octanol–water partition coefficient (Wildman–Crippen LogP) is 4.66. The van der Waals surface area contributed by atoms with E-state index >= 15 is 0 Å². The lowest BCUT2D eigenvalue weighted by Crippen LogP contribution is -2.12. The molecule has 2 aromatic rings. The molecular formula is C14H13BrFN. The minimum absolute atomic E-state index is 0.231. The molecular weight excluding hydrogens is 281 g/mol. The molecule has 0 fully saturated rings. The van der Waals surface area contributed by atoms with Crippen molar-refractivity contribution in [3.05, 3.63) is 58.3 Å². The minimum atomic E-state index is -0.231. The summed E-state index contributed by atoms with van der Waals surface area (Å²) in [7, 11) is 1.87. The Morgan fingerprint density at radius 3 is 2.41 bits per heavy atom. The second kappa shape index (κ2) is 4.88. The van der Waals surface area contributed by atoms with Gasteiger partial charge in [-0.2, -0.15) is 0 Å². The summed E-state index contributed by atoms with van der Waals surface area (Å²) >= 11 is 3.26. The van der Waals surface area contributed by atoms with Crippen molar-refractivity contribution in [1.29, 1.82) is 0 Å². The fourth-order valence-corrected chi connectivity index (χ4v) is 2.16. The average Bonchev–Trinajstić information content (AvgIpc) is 2.29. The van der Waals surface area contributed by atoms with Crippen molar-refractivity contribution in [2.45, 2.75) is 6.92 Å². The predicted molar refractivity (Wildman–Crippen MR) is 73.3 cm³/mol. The number of rotatable bonds is 2. The van der Waals surface area contributed by atoms with E-state index in [9.17, 15) is 4.39 Å². The number of benzene rings is 2. The van der Waals surface area contributed by atoms with Crippen molar-refractivity contribution in [3.63, 3.8) is 0 Å². The Hall–Kier alpha value is -1.35. The number of nitrogens with zero attached hydrogens (tertiary/aromatic N) is 1. The van der Waals surface area contributed by atoms with Gasteiger partial charge in [0.25, 0.3) is 0 Å². The first-order chi connectivity index (χ1) is 8.09. The van der Waals surface area contributed by atoms with Gasteiger partial charge in [0.05, 0.1) is 5.69 Å². The van der Waals surface area contributed by atoms with Crippen molar-refractivity contribution in [2.24, 2.45) is 0 Å². The smallest absolute Gasteiger partial charge is 0.147 e. The largest absolute Gasteiger partial charge is 0.342 e. The molecule has 0 aromatic heterocycles. The van der Waals surface area contributed by atoms with Gasteiger partial charge < -0.3 is 4.90 Å². The van der Waals surface area contributed by atoms with Crippen LogP contribution in [0.25, 0.3) is 0 Å². The van der Waals surface area contributed by atoms with Crippen LogP contribution >= 0.6 is 15.9 Å². The van der Waals surface area contributed by atoms with Crippen LogP contribution in [0.4, 0.5) is 15.8 Å². The van der Waals surface area contributed by atoms with E-state index in [2.05, 4.69) is 15.9 Å². The SMILES string of the molecule is Cc1ccccc1N(C)c1ccc(Br)cc1F. The summed E-state index contributed by atoms with van der Waals surface area (Å²) in [5.41, 5.74) is 2.70. The van der Waals surface area contributed by atoms with Gasteiger partial charge in [0.15, 0.2) is 0 Å². The highest BCUT2D eigenvalue weighted by molar-refractivity contribution is 9.10. The fraction of sp³-hybridized carbons (Fsp3) is 0.143. The maximum absolute atomic E-state index is 13.8. The molecule has 2 rings (SSSR count). The van der Waals surface area contributed by atoms with Crippen LogP contribution in [0.3, 0.4) is 0 Å². The topological polar surface area (TPSA) is 3.24 Å². The number of anilines is 2. The number of hydrogen-bond acceptors (Lipinski definition) is 1. The maximum Gasteiger partial charge on any atom is 0.147 e. The van der Waals surface area contributed by atoms with E-state index in [-0.39, 0.29) is 5.82 Å². The van der Waals surface area contributed by atoms with Gasteiger partial charge in [-0.15, -0.1) is 0 Å². The summed E-state index contributed by atoms with van der Waals surface area (Å²) in [5.74, 6) is -0.231. The maximum atomic E-state index is 13.8. The third kappa shape index (κ3) is 2.50. The average molecular weight is 294 g/mol. The van der Waals surface area contributed by atoms with Crippen molar-refractivity contribution >= 4 is 27.3 Å². The number of halogens is 2. The first kappa shape index (κ1) is 12.1. The molecule has 0 N–H and O–H groups in total. The van der Waals surface area contributed by atoms with Gasteiger partial charge in [-0.25, -0.2) is 4.39 Å². The van der Waals surface area contributed by atoms with Crippen molar-refractivity contribution in [3.8, 4) is 0 Å². The summed E-state index contributed by atoms with van der Waals surface area (Å²) in [5, 5.41) is 0. The third-order valence-corrected chi connectivity index (χ3v) is 3.24. The number of para-hydroxylation sites is 1. The van der Waals surface area contributed by atoms with Crippen LogP contribution in [0.1, 0.15) is 5.56 Å². The molecule has 0 amide bonds. The van der Waals surface area contributed by atoms with Crippen LogP contribution in [0.15, 0.2) is 46.9 Å². The van der Waals surface area contributed by atoms with Gasteiger partial charge >= 0.3 is 0 Å². The summed E-state index contributed by atoms with van der Waals surface area (Å²) in [6, 6.07) is 13.0. The molecule has 0 radical (unpaired) electrons. The molecule has 0 aliphatic rings. The monoisotopic (exact) mass is 293 g/mol. The number of hydrogen-bond donors (Lipinski definition) is 0. The molecule has 2 aromatic carbocycles. The van der Waals surface area contributed by atoms with Crippen LogP contribution in [0, 0.1) is 12.7 Å². The van der Waals surface area contributed by atoms with Gasteiger partial charge in [0.2, 0.25) is 0 Å². The minimum Gasteiger partial charge on any atom is -0.342 e. The fourth-order valence-electron chi connectivity index (χ4n) is 1.82. The van der Waals surface area contributed by atoms with Crippen LogP contribution in [-0.4, -0.2) is 7.05 Å². The van der Waals surface area contributed by atoms with E-state index in [1.165, 1.54) is 6.07 Å². The van der Waals surface area contributed by atoms with Crippen molar-refractivity contribution in [2.75, 3.05) is 11.9 Å². The molecule has 3 heteroatoms. The quantitative estimate of drug-likeness (QED) is 0.778. The number of aryl methyl sites for hydroxylation is 1. The van der Waals surface area contributed by atoms with Gasteiger partial charge in [0.1, 0.15) is 5.82 Å². The molecule has 0 aliphatic heterocycles. The van der Waals surface area contributed by atoms with E-state index in [1.54, 1.807) is 6.07 Å². The molecule has 0 unspecified atom stereocenters. The lowest BCUT2D eigenvalue weighted by Gasteiger charge is -2.22. The van der Waals surface area contributed by atoms with Crippen LogP contribution in [-0.2, 0) is 0 Å². The van der Waals surface area contributed by atoms with Crippen molar-refractivity contribution in [1.82, 2.24) is 0 Å². The Morgan fingerprint density at radius 1 is 1.06 bits per heavy atom. The van der Waals surface area contributed by atoms with E-state index < -0.39 is 0 Å². The highest BCUT2D eigenvalue weighted by Gasteiger charge is 2.11. The van der Waals surface area contributed by atoms with Crippen molar-refractivity contribution < 1.29 is 4.39 Å². The second-order valence-electron chi connectivity index (χ2n) is 3.94. The van der Waals surface area contributed by atoms with E-state index in [0.29, 0.717) is 5.69 Å². The van der Waals surface area contributed by atoms with Gasteiger partial charge in [0, 0.05) is 17.2 Å². The molecule has 0 aliphatic carbocycles. The van der Waals surface area contributed by atoms with E-state index in [4.69, 9.17) is 0 Å². The molecule has 1 nitrogen and oxygen atoms in total. The Kier molecular flexibility index (Phi) is 3.48. The van der Waals surface area contributed by atoms with E-state index in [0.717, 1.165) is 15.7 Å². The zero-order valence-corrected chi connectivity index (χ0v) is 11.3. The third-order valence-electron chi connectivity index (χ3n) is 2.75. The standard InChI is InChI=1S/C14H13BrFN/c1-10-5-3-4-6-13(10)17(2)14-8-7-11(15)9-12(14)16/h3-9H,1-2H3. The zero-order valence-electron chi connectivity index (χ0n) is 9.74. The summed E-state index contributed by atoms with van der Waals surface area (Å²) in [6.07, 6.45) is 0. The molecule has 0 heterocycles. The Balaban J connectivity index is 2.44. The van der Waals surface area contributed by atoms with Crippen LogP contribution in [0.5, 0.6) is 0 Å². The van der Waals surface area contributed by atoms with Crippen LogP contribution < -0.4 is 4.90 Å². The first-order valence-corrected chi connectivity index (χ1v) is 6.13. The molecule has 0 saturated heterocycles. The normalized spacial score (nSPS) is 10.4. The summed E-state index contributed by atoms with van der Waals surface area (Å²) in [4.78, 5) is 1.86. The molecule has 0 saturated carbocycles. The summed E-state index contributed by atoms with van der Waals surface area (Å²) < 4.78 is 14.6. The Morgan fingerprint density at radius 2 is 1.76 bits per heavy atom. The lowest BCUT2D eigenvalue weighted by molar-refractivity contribution is 0.626. The van der Waals surface area contributed by atoms with E-state index in [1.807, 2.05) is 49.2 Å². The molecule has 88 valence electrons. The molecule has 0 spiro atoms. The second-order valence-corrected chi connectivity index (χ2v) is 4.86. The molecule has 17 heavy (non-hydrogen) atoms.